The SMILES string of the molecule is CCCCCCC(=O)CCC. The molecule has 0 N–H and O–H groups in total. The minimum atomic E-state index is 0.448. The van der Waals surface area contributed by atoms with Crippen molar-refractivity contribution in [2.24, 2.45) is 0 Å². The van der Waals surface area contributed by atoms with Gasteiger partial charge in [0.25, 0.3) is 0 Å². The molecule has 0 saturated carbocycles. The van der Waals surface area contributed by atoms with Gasteiger partial charge < -0.3 is 0 Å². The summed E-state index contributed by atoms with van der Waals surface area (Å²) >= 11 is 0. The molecule has 11 heavy (non-hydrogen) atoms. The van der Waals surface area contributed by atoms with Crippen molar-refractivity contribution in [1.82, 2.24) is 0 Å². The summed E-state index contributed by atoms with van der Waals surface area (Å²) in [6, 6.07) is 0. The number of carbonyl (C=O) groups is 1. The molecule has 0 aliphatic carbocycles. The topological polar surface area (TPSA) is 17.1 Å². The summed E-state index contributed by atoms with van der Waals surface area (Å²) in [6.45, 7) is 4.25. The lowest BCUT2D eigenvalue weighted by Crippen LogP contribution is -1.95. The zero-order chi connectivity index (χ0) is 8.53. The molecular weight excluding hydrogens is 136 g/mol. The number of carbonyl (C=O) groups excluding carboxylic acids is 1. The van der Waals surface area contributed by atoms with Crippen molar-refractivity contribution in [1.29, 1.82) is 0 Å². The second-order valence-corrected chi connectivity index (χ2v) is 3.10. The minimum Gasteiger partial charge on any atom is -0.300 e. The summed E-state index contributed by atoms with van der Waals surface area (Å²) in [7, 11) is 0. The molecule has 0 aromatic carbocycles. The Hall–Kier alpha value is -0.330. The van der Waals surface area contributed by atoms with E-state index in [4.69, 9.17) is 0 Å². The van der Waals surface area contributed by atoms with E-state index in [9.17, 15) is 4.79 Å². The van der Waals surface area contributed by atoms with Gasteiger partial charge >= 0.3 is 0 Å². The van der Waals surface area contributed by atoms with Crippen LogP contribution >= 0.6 is 0 Å². The molecule has 0 atom stereocenters. The zero-order valence-electron chi connectivity index (χ0n) is 7.86. The highest BCUT2D eigenvalue weighted by Gasteiger charge is 1.98. The Morgan fingerprint density at radius 2 is 1.64 bits per heavy atom. The molecule has 0 spiro atoms. The maximum Gasteiger partial charge on any atom is 0.132 e. The molecule has 0 rings (SSSR count). The second-order valence-electron chi connectivity index (χ2n) is 3.10. The van der Waals surface area contributed by atoms with Crippen molar-refractivity contribution in [2.45, 2.75) is 58.8 Å². The highest BCUT2D eigenvalue weighted by atomic mass is 16.1. The number of hydrogen-bond donors (Lipinski definition) is 0. The normalized spacial score (nSPS) is 10.0. The molecule has 0 saturated heterocycles. The molecule has 0 bridgehead atoms. The monoisotopic (exact) mass is 156 g/mol. The number of rotatable bonds is 7. The highest BCUT2D eigenvalue weighted by molar-refractivity contribution is 5.78. The van der Waals surface area contributed by atoms with Gasteiger partial charge in [-0.25, -0.2) is 0 Å². The van der Waals surface area contributed by atoms with Crippen molar-refractivity contribution in [3.63, 3.8) is 0 Å². The first kappa shape index (κ1) is 10.7. The quantitative estimate of drug-likeness (QED) is 0.517. The fourth-order valence-corrected chi connectivity index (χ4v) is 1.15. The number of unbranched alkanes of at least 4 members (excludes halogenated alkanes) is 3. The van der Waals surface area contributed by atoms with E-state index in [0.717, 1.165) is 25.7 Å². The van der Waals surface area contributed by atoms with Gasteiger partial charge in [0.1, 0.15) is 5.78 Å². The van der Waals surface area contributed by atoms with Gasteiger partial charge in [0.15, 0.2) is 0 Å². The molecule has 0 fully saturated rings. The van der Waals surface area contributed by atoms with E-state index < -0.39 is 0 Å². The van der Waals surface area contributed by atoms with Crippen molar-refractivity contribution in [3.8, 4) is 0 Å². The predicted octanol–water partition coefficient (Wildman–Crippen LogP) is 3.33. The van der Waals surface area contributed by atoms with Crippen LogP contribution in [0.5, 0.6) is 0 Å². The molecule has 0 aromatic heterocycles. The second kappa shape index (κ2) is 7.77. The average Bonchev–Trinajstić information content (AvgIpc) is 1.99. The van der Waals surface area contributed by atoms with E-state index in [1.165, 1.54) is 19.3 Å². The van der Waals surface area contributed by atoms with Gasteiger partial charge in [0.2, 0.25) is 0 Å². The third kappa shape index (κ3) is 7.57. The third-order valence-electron chi connectivity index (χ3n) is 1.84. The first-order valence-corrected chi connectivity index (χ1v) is 4.83. The molecular formula is C10H20O. The van der Waals surface area contributed by atoms with Crippen LogP contribution in [0.4, 0.5) is 0 Å². The van der Waals surface area contributed by atoms with Crippen LogP contribution in [0.1, 0.15) is 58.8 Å². The Morgan fingerprint density at radius 1 is 0.909 bits per heavy atom. The van der Waals surface area contributed by atoms with Crippen LogP contribution in [0.15, 0.2) is 0 Å². The van der Waals surface area contributed by atoms with E-state index in [0.29, 0.717) is 5.78 Å². The van der Waals surface area contributed by atoms with E-state index in [2.05, 4.69) is 13.8 Å². The minimum absolute atomic E-state index is 0.448. The predicted molar refractivity (Wildman–Crippen MR) is 48.7 cm³/mol. The zero-order valence-corrected chi connectivity index (χ0v) is 7.86. The first-order valence-electron chi connectivity index (χ1n) is 4.83. The molecule has 0 heterocycles. The fraction of sp³-hybridized carbons (Fsp3) is 0.900. The summed E-state index contributed by atoms with van der Waals surface area (Å²) in [5.74, 6) is 0.448. The van der Waals surface area contributed by atoms with Crippen LogP contribution in [0.2, 0.25) is 0 Å². The van der Waals surface area contributed by atoms with E-state index in [1.54, 1.807) is 0 Å². The van der Waals surface area contributed by atoms with Gasteiger partial charge in [-0.1, -0.05) is 33.1 Å². The van der Waals surface area contributed by atoms with Crippen LogP contribution in [-0.2, 0) is 4.79 Å². The van der Waals surface area contributed by atoms with Gasteiger partial charge in [0.05, 0.1) is 0 Å². The third-order valence-corrected chi connectivity index (χ3v) is 1.84. The highest BCUT2D eigenvalue weighted by Crippen LogP contribution is 2.04. The Balaban J connectivity index is 3.04. The molecule has 1 nitrogen and oxygen atoms in total. The molecule has 0 aliphatic rings. The van der Waals surface area contributed by atoms with Crippen LogP contribution < -0.4 is 0 Å². The van der Waals surface area contributed by atoms with Gasteiger partial charge in [-0.3, -0.25) is 4.79 Å². The maximum absolute atomic E-state index is 11.0. The number of ketones is 1. The van der Waals surface area contributed by atoms with E-state index >= 15 is 0 Å². The fourth-order valence-electron chi connectivity index (χ4n) is 1.15. The maximum atomic E-state index is 11.0. The Kier molecular flexibility index (Phi) is 7.54. The molecule has 0 unspecified atom stereocenters. The molecule has 0 amide bonds. The van der Waals surface area contributed by atoms with Crippen molar-refractivity contribution in [3.05, 3.63) is 0 Å². The van der Waals surface area contributed by atoms with Gasteiger partial charge in [-0.2, -0.15) is 0 Å². The van der Waals surface area contributed by atoms with Crippen molar-refractivity contribution >= 4 is 5.78 Å². The number of hydrogen-bond acceptors (Lipinski definition) is 1. The van der Waals surface area contributed by atoms with E-state index in [1.807, 2.05) is 0 Å². The molecule has 0 aromatic rings. The molecule has 66 valence electrons. The van der Waals surface area contributed by atoms with Crippen LogP contribution in [0.25, 0.3) is 0 Å². The average molecular weight is 156 g/mol. The standard InChI is InChI=1S/C10H20O/c1-3-5-6-7-9-10(11)8-4-2/h3-9H2,1-2H3. The van der Waals surface area contributed by atoms with Gasteiger partial charge in [0, 0.05) is 12.8 Å². The molecule has 0 aliphatic heterocycles. The number of Topliss-reactive ketones (excluding diaryl/α,β-unsaturated/α-hetero) is 1. The summed E-state index contributed by atoms with van der Waals surface area (Å²) in [4.78, 5) is 11.0. The summed E-state index contributed by atoms with van der Waals surface area (Å²) in [5, 5.41) is 0. The first-order chi connectivity index (χ1) is 5.31. The van der Waals surface area contributed by atoms with Gasteiger partial charge in [-0.05, 0) is 12.8 Å². The van der Waals surface area contributed by atoms with E-state index in [-0.39, 0.29) is 0 Å². The van der Waals surface area contributed by atoms with Crippen molar-refractivity contribution < 1.29 is 4.79 Å². The summed E-state index contributed by atoms with van der Waals surface area (Å²) < 4.78 is 0. The van der Waals surface area contributed by atoms with Crippen LogP contribution in [0.3, 0.4) is 0 Å². The smallest absolute Gasteiger partial charge is 0.132 e. The largest absolute Gasteiger partial charge is 0.300 e. The lowest BCUT2D eigenvalue weighted by molar-refractivity contribution is -0.119. The van der Waals surface area contributed by atoms with Crippen molar-refractivity contribution in [2.75, 3.05) is 0 Å². The van der Waals surface area contributed by atoms with Crippen LogP contribution in [0, 0.1) is 0 Å². The summed E-state index contributed by atoms with van der Waals surface area (Å²) in [6.07, 6.45) is 7.46. The lowest BCUT2D eigenvalue weighted by atomic mass is 10.1. The molecule has 1 heteroatoms. The van der Waals surface area contributed by atoms with Crippen LogP contribution in [-0.4, -0.2) is 5.78 Å². The lowest BCUT2D eigenvalue weighted by Gasteiger charge is -1.97. The summed E-state index contributed by atoms with van der Waals surface area (Å²) in [5.41, 5.74) is 0. The Labute approximate surface area is 70.2 Å². The Morgan fingerprint density at radius 3 is 2.18 bits per heavy atom. The Bertz CT molecular complexity index is 97.0. The molecule has 0 radical (unpaired) electrons. The van der Waals surface area contributed by atoms with Gasteiger partial charge in [-0.15, -0.1) is 0 Å².